The number of fused-ring (bicyclic) bond motifs is 1. The third-order valence-electron chi connectivity index (χ3n) is 5.26. The van der Waals surface area contributed by atoms with Gasteiger partial charge in [0.2, 0.25) is 0 Å². The van der Waals surface area contributed by atoms with E-state index < -0.39 is 0 Å². The fourth-order valence-corrected chi connectivity index (χ4v) is 4.74. The summed E-state index contributed by atoms with van der Waals surface area (Å²) in [5.41, 5.74) is 7.87. The molecule has 2 heterocycles. The summed E-state index contributed by atoms with van der Waals surface area (Å²) in [4.78, 5) is 18.9. The summed E-state index contributed by atoms with van der Waals surface area (Å²) in [6.07, 6.45) is 0. The molecule has 32 heavy (non-hydrogen) atoms. The van der Waals surface area contributed by atoms with Crippen molar-refractivity contribution >= 4 is 49.8 Å². The molecule has 1 N–H and O–H groups in total. The van der Waals surface area contributed by atoms with E-state index in [1.54, 1.807) is 11.3 Å². The first kappa shape index (κ1) is 22.4. The fraction of sp³-hybridized carbons (Fsp3) is 0.192. The van der Waals surface area contributed by atoms with Crippen molar-refractivity contribution in [3.05, 3.63) is 86.5 Å². The van der Waals surface area contributed by atoms with Crippen LogP contribution in [0.5, 0.6) is 0 Å². The van der Waals surface area contributed by atoms with Crippen LogP contribution in [-0.2, 0) is 5.41 Å². The molecule has 0 saturated heterocycles. The van der Waals surface area contributed by atoms with Gasteiger partial charge in [0, 0.05) is 10.9 Å². The number of carbonyl (C=O) groups excluding carboxylic acids is 1. The summed E-state index contributed by atoms with van der Waals surface area (Å²) in [5, 5.41) is 5.12. The SMILES string of the molecule is C/C(=N\NC(=O)c1cc(-c2ccc(C(C)(C)C)cc2)nc2ccccc12)c1ccc(Br)s1. The highest BCUT2D eigenvalue weighted by molar-refractivity contribution is 9.11. The van der Waals surface area contributed by atoms with Gasteiger partial charge in [0.1, 0.15) is 0 Å². The Bertz CT molecular complexity index is 1320. The second-order valence-electron chi connectivity index (χ2n) is 8.64. The summed E-state index contributed by atoms with van der Waals surface area (Å²) in [6.45, 7) is 8.45. The molecule has 4 rings (SSSR count). The second-order valence-corrected chi connectivity index (χ2v) is 11.1. The van der Waals surface area contributed by atoms with Crippen molar-refractivity contribution in [2.45, 2.75) is 33.1 Å². The zero-order valence-electron chi connectivity index (χ0n) is 18.4. The Hall–Kier alpha value is -2.83. The highest BCUT2D eigenvalue weighted by Gasteiger charge is 2.16. The van der Waals surface area contributed by atoms with Gasteiger partial charge in [-0.3, -0.25) is 4.79 Å². The molecule has 2 aromatic heterocycles. The summed E-state index contributed by atoms with van der Waals surface area (Å²) in [7, 11) is 0. The molecule has 0 aliphatic heterocycles. The number of hydrogen-bond donors (Lipinski definition) is 1. The predicted octanol–water partition coefficient (Wildman–Crippen LogP) is 7.18. The molecule has 0 spiro atoms. The molecule has 0 atom stereocenters. The summed E-state index contributed by atoms with van der Waals surface area (Å²) in [6, 6.07) is 21.8. The standard InChI is InChI=1S/C26H24BrN3OS/c1-16(23-13-14-24(27)32-23)29-30-25(31)20-15-22(28-21-8-6-5-7-19(20)21)17-9-11-18(12-10-17)26(2,3)4/h5-15H,1-4H3,(H,30,31)/b29-16+. The van der Waals surface area contributed by atoms with Crippen LogP contribution in [0.2, 0.25) is 0 Å². The van der Waals surface area contributed by atoms with E-state index in [1.165, 1.54) is 5.56 Å². The average Bonchev–Trinajstić information content (AvgIpc) is 3.22. The first-order chi connectivity index (χ1) is 15.2. The van der Waals surface area contributed by atoms with E-state index in [0.29, 0.717) is 5.56 Å². The maximum atomic E-state index is 13.1. The highest BCUT2D eigenvalue weighted by atomic mass is 79.9. The lowest BCUT2D eigenvalue weighted by Crippen LogP contribution is -2.19. The van der Waals surface area contributed by atoms with Gasteiger partial charge in [0.15, 0.2) is 0 Å². The van der Waals surface area contributed by atoms with Gasteiger partial charge in [-0.25, -0.2) is 10.4 Å². The number of rotatable bonds is 4. The van der Waals surface area contributed by atoms with E-state index >= 15 is 0 Å². The molecule has 0 unspecified atom stereocenters. The van der Waals surface area contributed by atoms with E-state index in [-0.39, 0.29) is 11.3 Å². The van der Waals surface area contributed by atoms with Crippen molar-refractivity contribution in [2.75, 3.05) is 0 Å². The van der Waals surface area contributed by atoms with Crippen LogP contribution in [0.25, 0.3) is 22.2 Å². The van der Waals surface area contributed by atoms with Crippen LogP contribution in [0, 0.1) is 0 Å². The minimum atomic E-state index is -0.258. The largest absolute Gasteiger partial charge is 0.272 e. The Balaban J connectivity index is 1.70. The molecular weight excluding hydrogens is 482 g/mol. The first-order valence-corrected chi connectivity index (χ1v) is 11.9. The van der Waals surface area contributed by atoms with E-state index in [1.807, 2.05) is 49.4 Å². The van der Waals surface area contributed by atoms with Crippen LogP contribution in [0.3, 0.4) is 0 Å². The van der Waals surface area contributed by atoms with E-state index in [2.05, 4.69) is 71.5 Å². The van der Waals surface area contributed by atoms with Crippen molar-refractivity contribution in [3.8, 4) is 11.3 Å². The Morgan fingerprint density at radius 2 is 1.75 bits per heavy atom. The third kappa shape index (κ3) is 4.81. The van der Waals surface area contributed by atoms with E-state index in [9.17, 15) is 4.79 Å². The van der Waals surface area contributed by atoms with Gasteiger partial charge in [-0.15, -0.1) is 11.3 Å². The van der Waals surface area contributed by atoms with E-state index in [4.69, 9.17) is 4.98 Å². The summed E-state index contributed by atoms with van der Waals surface area (Å²) in [5.74, 6) is -0.258. The zero-order chi connectivity index (χ0) is 22.9. The summed E-state index contributed by atoms with van der Waals surface area (Å²) >= 11 is 5.03. The third-order valence-corrected chi connectivity index (χ3v) is 6.99. The smallest absolute Gasteiger partial charge is 0.267 e. The molecular formula is C26H24BrN3OS. The van der Waals surface area contributed by atoms with Crippen LogP contribution in [0.1, 0.15) is 48.5 Å². The lowest BCUT2D eigenvalue weighted by atomic mass is 9.86. The average molecular weight is 506 g/mol. The normalized spacial score (nSPS) is 12.2. The minimum Gasteiger partial charge on any atom is -0.267 e. The minimum absolute atomic E-state index is 0.0778. The molecule has 1 amide bonds. The van der Waals surface area contributed by atoms with Gasteiger partial charge in [0.25, 0.3) is 5.91 Å². The number of hydrogen-bond acceptors (Lipinski definition) is 4. The number of nitrogens with one attached hydrogen (secondary N) is 1. The Labute approximate surface area is 200 Å². The molecule has 0 saturated carbocycles. The first-order valence-electron chi connectivity index (χ1n) is 10.3. The van der Waals surface area contributed by atoms with Crippen LogP contribution < -0.4 is 5.43 Å². The Morgan fingerprint density at radius 1 is 1.03 bits per heavy atom. The predicted molar refractivity (Wildman–Crippen MR) is 138 cm³/mol. The maximum absolute atomic E-state index is 13.1. The van der Waals surface area contributed by atoms with Crippen LogP contribution >= 0.6 is 27.3 Å². The highest BCUT2D eigenvalue weighted by Crippen LogP contribution is 2.28. The zero-order valence-corrected chi connectivity index (χ0v) is 20.8. The number of para-hydroxylation sites is 1. The number of halogens is 1. The number of benzene rings is 2. The Kier molecular flexibility index (Phi) is 6.26. The van der Waals surface area contributed by atoms with Gasteiger partial charge < -0.3 is 0 Å². The van der Waals surface area contributed by atoms with E-state index in [0.717, 1.165) is 36.5 Å². The topological polar surface area (TPSA) is 54.4 Å². The molecule has 0 bridgehead atoms. The van der Waals surface area contributed by atoms with Gasteiger partial charge in [-0.1, -0.05) is 63.2 Å². The summed E-state index contributed by atoms with van der Waals surface area (Å²) < 4.78 is 1.02. The van der Waals surface area contributed by atoms with Gasteiger partial charge >= 0.3 is 0 Å². The lowest BCUT2D eigenvalue weighted by Gasteiger charge is -2.19. The van der Waals surface area contributed by atoms with Crippen molar-refractivity contribution in [1.82, 2.24) is 10.4 Å². The molecule has 2 aromatic carbocycles. The molecule has 0 radical (unpaired) electrons. The molecule has 0 fully saturated rings. The molecule has 6 heteroatoms. The van der Waals surface area contributed by atoms with Crippen molar-refractivity contribution in [1.29, 1.82) is 0 Å². The number of thiophene rings is 1. The van der Waals surface area contributed by atoms with Crippen molar-refractivity contribution in [2.24, 2.45) is 5.10 Å². The Morgan fingerprint density at radius 3 is 2.41 bits per heavy atom. The molecule has 0 aliphatic carbocycles. The molecule has 0 aliphatic rings. The van der Waals surface area contributed by atoms with Crippen LogP contribution in [-0.4, -0.2) is 16.6 Å². The number of carbonyl (C=O) groups is 1. The number of pyridine rings is 1. The van der Waals surface area contributed by atoms with Gasteiger partial charge in [0.05, 0.1) is 31.1 Å². The van der Waals surface area contributed by atoms with Crippen LogP contribution in [0.15, 0.2) is 75.6 Å². The monoisotopic (exact) mass is 505 g/mol. The van der Waals surface area contributed by atoms with Crippen LogP contribution in [0.4, 0.5) is 0 Å². The lowest BCUT2D eigenvalue weighted by molar-refractivity contribution is 0.0956. The quantitative estimate of drug-likeness (QED) is 0.236. The molecule has 4 aromatic rings. The number of aromatic nitrogens is 1. The second kappa shape index (κ2) is 8.96. The van der Waals surface area contributed by atoms with Crippen molar-refractivity contribution < 1.29 is 4.79 Å². The van der Waals surface area contributed by atoms with Crippen molar-refractivity contribution in [3.63, 3.8) is 0 Å². The molecule has 162 valence electrons. The van der Waals surface area contributed by atoms with Gasteiger partial charge in [-0.05, 0) is 58.1 Å². The maximum Gasteiger partial charge on any atom is 0.272 e. The number of amides is 1. The van der Waals surface area contributed by atoms with Gasteiger partial charge in [-0.2, -0.15) is 5.10 Å². The number of hydrazone groups is 1. The molecule has 4 nitrogen and oxygen atoms in total. The number of nitrogens with zero attached hydrogens (tertiary/aromatic N) is 2. The fourth-order valence-electron chi connectivity index (χ4n) is 3.41.